The summed E-state index contributed by atoms with van der Waals surface area (Å²) in [6.07, 6.45) is 1.38. The van der Waals surface area contributed by atoms with Crippen LogP contribution in [0, 0.1) is 0 Å². The third-order valence-corrected chi connectivity index (χ3v) is 4.88. The molecule has 1 unspecified atom stereocenters. The molecule has 1 aliphatic rings. The minimum absolute atomic E-state index is 0.126. The molecule has 2 aromatic carbocycles. The minimum atomic E-state index is -1.06. The Bertz CT molecular complexity index is 962. The Labute approximate surface area is 157 Å². The maximum atomic E-state index is 12.8. The number of benzene rings is 2. The summed E-state index contributed by atoms with van der Waals surface area (Å²) in [4.78, 5) is 12.8. The number of nitrogens with zero attached hydrogens (tertiary/aromatic N) is 2. The highest BCUT2D eigenvalue weighted by Crippen LogP contribution is 2.29. The zero-order chi connectivity index (χ0) is 18.7. The Morgan fingerprint density at radius 1 is 1.04 bits per heavy atom. The van der Waals surface area contributed by atoms with Gasteiger partial charge >= 0.3 is 0 Å². The summed E-state index contributed by atoms with van der Waals surface area (Å²) in [5.41, 5.74) is 2.09. The van der Waals surface area contributed by atoms with Gasteiger partial charge in [-0.2, -0.15) is 5.10 Å². The molecule has 5 heteroatoms. The van der Waals surface area contributed by atoms with E-state index in [4.69, 9.17) is 4.74 Å². The second-order valence-electron chi connectivity index (χ2n) is 7.02. The number of hydrogen-bond donors (Lipinski definition) is 1. The molecule has 3 aromatic rings. The molecule has 1 aromatic heterocycles. The van der Waals surface area contributed by atoms with Crippen molar-refractivity contribution in [1.82, 2.24) is 9.78 Å². The summed E-state index contributed by atoms with van der Waals surface area (Å²) in [5, 5.41) is 15.4. The first-order valence-electron chi connectivity index (χ1n) is 9.18. The fraction of sp³-hybridized carbons (Fsp3) is 0.273. The van der Waals surface area contributed by atoms with Crippen molar-refractivity contribution in [2.75, 3.05) is 13.2 Å². The molecule has 2 heterocycles. The van der Waals surface area contributed by atoms with Crippen molar-refractivity contribution < 1.29 is 9.84 Å². The van der Waals surface area contributed by atoms with Gasteiger partial charge in [-0.1, -0.05) is 60.7 Å². The molecule has 0 radical (unpaired) electrons. The number of hydrogen-bond acceptors (Lipinski definition) is 4. The molecule has 1 saturated heterocycles. The molecule has 1 atom stereocenters. The SMILES string of the molecule is O=c1cc(-c2ccccc2)c(-c2ccccc2)nn1CC1(O)CCCOC1. The Morgan fingerprint density at radius 3 is 2.33 bits per heavy atom. The molecule has 0 bridgehead atoms. The molecule has 4 rings (SSSR count). The van der Waals surface area contributed by atoms with E-state index in [0.29, 0.717) is 13.0 Å². The van der Waals surface area contributed by atoms with Gasteiger partial charge in [0.2, 0.25) is 0 Å². The topological polar surface area (TPSA) is 64.4 Å². The molecule has 0 aliphatic carbocycles. The Hall–Kier alpha value is -2.76. The third kappa shape index (κ3) is 3.84. The average molecular weight is 362 g/mol. The second kappa shape index (κ2) is 7.47. The van der Waals surface area contributed by atoms with Gasteiger partial charge in [-0.3, -0.25) is 4.79 Å². The molecule has 0 spiro atoms. The number of ether oxygens (including phenoxy) is 1. The quantitative estimate of drug-likeness (QED) is 0.774. The summed E-state index contributed by atoms with van der Waals surface area (Å²) < 4.78 is 6.78. The fourth-order valence-corrected chi connectivity index (χ4v) is 3.49. The predicted octanol–water partition coefficient (Wildman–Crippen LogP) is 3.12. The second-order valence-corrected chi connectivity index (χ2v) is 7.02. The molecule has 0 saturated carbocycles. The smallest absolute Gasteiger partial charge is 0.267 e. The van der Waals surface area contributed by atoms with Crippen LogP contribution in [-0.4, -0.2) is 33.7 Å². The van der Waals surface area contributed by atoms with Crippen molar-refractivity contribution in [1.29, 1.82) is 0 Å². The first-order chi connectivity index (χ1) is 13.1. The van der Waals surface area contributed by atoms with Gasteiger partial charge in [-0.25, -0.2) is 4.68 Å². The largest absolute Gasteiger partial charge is 0.386 e. The molecule has 138 valence electrons. The molecule has 1 aliphatic heterocycles. The van der Waals surface area contributed by atoms with E-state index in [9.17, 15) is 9.90 Å². The normalized spacial score (nSPS) is 19.7. The highest BCUT2D eigenvalue weighted by Gasteiger charge is 2.31. The van der Waals surface area contributed by atoms with E-state index in [0.717, 1.165) is 28.8 Å². The van der Waals surface area contributed by atoms with Gasteiger partial charge in [-0.05, 0) is 18.4 Å². The van der Waals surface area contributed by atoms with Crippen molar-refractivity contribution in [3.63, 3.8) is 0 Å². The lowest BCUT2D eigenvalue weighted by Crippen LogP contribution is -2.45. The highest BCUT2D eigenvalue weighted by molar-refractivity contribution is 5.80. The Morgan fingerprint density at radius 2 is 1.70 bits per heavy atom. The Kier molecular flexibility index (Phi) is 4.88. The van der Waals surface area contributed by atoms with Gasteiger partial charge in [-0.15, -0.1) is 0 Å². The number of aromatic nitrogens is 2. The van der Waals surface area contributed by atoms with Gasteiger partial charge in [0.15, 0.2) is 0 Å². The van der Waals surface area contributed by atoms with E-state index in [2.05, 4.69) is 5.10 Å². The van der Waals surface area contributed by atoms with Gasteiger partial charge in [0.25, 0.3) is 5.56 Å². The number of aliphatic hydroxyl groups is 1. The van der Waals surface area contributed by atoms with E-state index in [1.54, 1.807) is 6.07 Å². The van der Waals surface area contributed by atoms with Crippen LogP contribution in [0.5, 0.6) is 0 Å². The van der Waals surface area contributed by atoms with E-state index >= 15 is 0 Å². The molecular formula is C22H22N2O3. The zero-order valence-electron chi connectivity index (χ0n) is 15.0. The van der Waals surface area contributed by atoms with Crippen molar-refractivity contribution in [3.05, 3.63) is 77.1 Å². The van der Waals surface area contributed by atoms with Gasteiger partial charge in [0.1, 0.15) is 5.60 Å². The summed E-state index contributed by atoms with van der Waals surface area (Å²) in [6.45, 7) is 0.996. The maximum absolute atomic E-state index is 12.8. The first-order valence-corrected chi connectivity index (χ1v) is 9.18. The van der Waals surface area contributed by atoms with Crippen LogP contribution in [-0.2, 0) is 11.3 Å². The molecule has 1 N–H and O–H groups in total. The first kappa shape index (κ1) is 17.6. The van der Waals surface area contributed by atoms with Crippen LogP contribution >= 0.6 is 0 Å². The van der Waals surface area contributed by atoms with Gasteiger partial charge in [0, 0.05) is 23.8 Å². The van der Waals surface area contributed by atoms with Gasteiger partial charge < -0.3 is 9.84 Å². The predicted molar refractivity (Wildman–Crippen MR) is 104 cm³/mol. The molecule has 0 amide bonds. The lowest BCUT2D eigenvalue weighted by Gasteiger charge is -2.32. The van der Waals surface area contributed by atoms with Crippen LogP contribution in [0.1, 0.15) is 12.8 Å². The number of rotatable bonds is 4. The standard InChI is InChI=1S/C22H22N2O3/c25-20-14-19(17-8-3-1-4-9-17)21(18-10-5-2-6-11-18)23-24(20)15-22(26)12-7-13-27-16-22/h1-6,8-11,14,26H,7,12-13,15-16H2. The molecule has 27 heavy (non-hydrogen) atoms. The van der Waals surface area contributed by atoms with Gasteiger partial charge in [0.05, 0.1) is 18.8 Å². The molecular weight excluding hydrogens is 340 g/mol. The molecule has 1 fully saturated rings. The van der Waals surface area contributed by atoms with Crippen LogP contribution < -0.4 is 5.56 Å². The molecule has 5 nitrogen and oxygen atoms in total. The summed E-state index contributed by atoms with van der Waals surface area (Å²) in [7, 11) is 0. The van der Waals surface area contributed by atoms with Crippen LogP contribution in [0.4, 0.5) is 0 Å². The third-order valence-electron chi connectivity index (χ3n) is 4.88. The van der Waals surface area contributed by atoms with E-state index in [1.807, 2.05) is 60.7 Å². The van der Waals surface area contributed by atoms with Crippen molar-refractivity contribution >= 4 is 0 Å². The van der Waals surface area contributed by atoms with Crippen LogP contribution in [0.3, 0.4) is 0 Å². The van der Waals surface area contributed by atoms with Crippen molar-refractivity contribution in [3.8, 4) is 22.4 Å². The lowest BCUT2D eigenvalue weighted by atomic mass is 9.96. The Balaban J connectivity index is 1.82. The fourth-order valence-electron chi connectivity index (χ4n) is 3.49. The van der Waals surface area contributed by atoms with Crippen LogP contribution in [0.25, 0.3) is 22.4 Å². The van der Waals surface area contributed by atoms with Crippen molar-refractivity contribution in [2.24, 2.45) is 0 Å². The zero-order valence-corrected chi connectivity index (χ0v) is 15.0. The van der Waals surface area contributed by atoms with E-state index in [1.165, 1.54) is 4.68 Å². The highest BCUT2D eigenvalue weighted by atomic mass is 16.5. The summed E-state index contributed by atoms with van der Waals surface area (Å²) in [6, 6.07) is 21.2. The lowest BCUT2D eigenvalue weighted by molar-refractivity contribution is -0.0964. The van der Waals surface area contributed by atoms with Crippen molar-refractivity contribution in [2.45, 2.75) is 25.0 Å². The van der Waals surface area contributed by atoms with E-state index < -0.39 is 5.60 Å². The summed E-state index contributed by atoms with van der Waals surface area (Å²) in [5.74, 6) is 0. The monoisotopic (exact) mass is 362 g/mol. The van der Waals surface area contributed by atoms with E-state index in [-0.39, 0.29) is 18.7 Å². The maximum Gasteiger partial charge on any atom is 0.267 e. The van der Waals surface area contributed by atoms with Crippen LogP contribution in [0.2, 0.25) is 0 Å². The minimum Gasteiger partial charge on any atom is -0.386 e. The van der Waals surface area contributed by atoms with Crippen LogP contribution in [0.15, 0.2) is 71.5 Å². The summed E-state index contributed by atoms with van der Waals surface area (Å²) >= 11 is 0. The average Bonchev–Trinajstić information content (AvgIpc) is 2.71.